The van der Waals surface area contributed by atoms with Crippen LogP contribution in [0.5, 0.6) is 17.2 Å². The predicted octanol–water partition coefficient (Wildman–Crippen LogP) is 4.88. The summed E-state index contributed by atoms with van der Waals surface area (Å²) in [5, 5.41) is 3.49. The Hall–Kier alpha value is -3.48. The molecule has 0 saturated heterocycles. The molecule has 0 unspecified atom stereocenters. The number of benzene rings is 2. The minimum Gasteiger partial charge on any atom is -0.493 e. The molecule has 2 aromatic rings. The van der Waals surface area contributed by atoms with Crippen molar-refractivity contribution in [3.05, 3.63) is 53.2 Å². The molecule has 0 radical (unpaired) electrons. The summed E-state index contributed by atoms with van der Waals surface area (Å²) in [4.78, 5) is 28.4. The van der Waals surface area contributed by atoms with E-state index in [4.69, 9.17) is 14.2 Å². The number of Topliss-reactive ketones (excluding diaryl/α,β-unsaturated/α-hetero) is 1. The first-order chi connectivity index (χ1) is 15.7. The van der Waals surface area contributed by atoms with Gasteiger partial charge in [-0.2, -0.15) is 0 Å². The molecule has 0 bridgehead atoms. The monoisotopic (exact) mass is 450 g/mol. The van der Waals surface area contributed by atoms with Gasteiger partial charge in [0.15, 0.2) is 17.3 Å². The molecule has 1 atom stereocenters. The van der Waals surface area contributed by atoms with E-state index in [1.807, 2.05) is 36.4 Å². The molecule has 0 saturated carbocycles. The van der Waals surface area contributed by atoms with E-state index < -0.39 is 6.04 Å². The van der Waals surface area contributed by atoms with Crippen molar-refractivity contribution in [2.75, 3.05) is 31.5 Å². The molecule has 4 rings (SSSR count). The highest BCUT2D eigenvalue weighted by Crippen LogP contribution is 2.50. The summed E-state index contributed by atoms with van der Waals surface area (Å²) in [7, 11) is 4.64. The highest BCUT2D eigenvalue weighted by atomic mass is 16.5. The topological polar surface area (TPSA) is 77.1 Å². The lowest BCUT2D eigenvalue weighted by atomic mass is 9.73. The van der Waals surface area contributed by atoms with Crippen LogP contribution >= 0.6 is 0 Å². The van der Waals surface area contributed by atoms with Gasteiger partial charge in [-0.25, -0.2) is 0 Å². The maximum absolute atomic E-state index is 13.6. The van der Waals surface area contributed by atoms with Crippen LogP contribution in [0.25, 0.3) is 0 Å². The van der Waals surface area contributed by atoms with E-state index in [1.165, 1.54) is 6.92 Å². The number of rotatable bonds is 4. The molecule has 2 aliphatic rings. The number of methoxy groups -OCH3 is 3. The molecule has 1 aliphatic carbocycles. The number of fused-ring (bicyclic) bond motifs is 1. The van der Waals surface area contributed by atoms with Gasteiger partial charge in [0, 0.05) is 24.6 Å². The maximum atomic E-state index is 13.6. The van der Waals surface area contributed by atoms with E-state index >= 15 is 0 Å². The van der Waals surface area contributed by atoms with Crippen LogP contribution in [0.1, 0.15) is 45.2 Å². The number of anilines is 2. The van der Waals surface area contributed by atoms with Gasteiger partial charge in [0.2, 0.25) is 11.7 Å². The Labute approximate surface area is 194 Å². The van der Waals surface area contributed by atoms with Crippen LogP contribution in [0, 0.1) is 5.41 Å². The average molecular weight is 451 g/mol. The zero-order valence-corrected chi connectivity index (χ0v) is 19.9. The van der Waals surface area contributed by atoms with Gasteiger partial charge in [-0.15, -0.1) is 0 Å². The molecular formula is C26H30N2O5. The van der Waals surface area contributed by atoms with Crippen LogP contribution in [0.15, 0.2) is 47.7 Å². The first kappa shape index (κ1) is 22.7. The summed E-state index contributed by atoms with van der Waals surface area (Å²) >= 11 is 0. The Kier molecular flexibility index (Phi) is 5.82. The van der Waals surface area contributed by atoms with Crippen LogP contribution in [-0.4, -0.2) is 33.0 Å². The van der Waals surface area contributed by atoms with E-state index in [0.29, 0.717) is 46.9 Å². The number of allylic oxidation sites excluding steroid dienone is 1. The first-order valence-corrected chi connectivity index (χ1v) is 10.9. The number of ketones is 1. The first-order valence-electron chi connectivity index (χ1n) is 10.9. The molecule has 7 nitrogen and oxygen atoms in total. The highest BCUT2D eigenvalue weighted by Gasteiger charge is 2.43. The Morgan fingerprint density at radius 3 is 2.24 bits per heavy atom. The average Bonchev–Trinajstić information content (AvgIpc) is 2.91. The largest absolute Gasteiger partial charge is 0.493 e. The second kappa shape index (κ2) is 8.46. The second-order valence-corrected chi connectivity index (χ2v) is 9.23. The lowest BCUT2D eigenvalue weighted by Crippen LogP contribution is -2.38. The van der Waals surface area contributed by atoms with Crippen molar-refractivity contribution in [2.24, 2.45) is 5.41 Å². The van der Waals surface area contributed by atoms with Gasteiger partial charge >= 0.3 is 0 Å². The van der Waals surface area contributed by atoms with E-state index in [9.17, 15) is 9.59 Å². The molecule has 2 aromatic carbocycles. The number of ether oxygens (including phenoxy) is 3. The SMILES string of the molecule is COc1cc([C@H]2C3=C(CC(C)(C)CC3=O)Nc3ccccc3N2C(C)=O)cc(OC)c1OC. The molecular weight excluding hydrogens is 420 g/mol. The fraction of sp³-hybridized carbons (Fsp3) is 0.385. The Morgan fingerprint density at radius 2 is 1.67 bits per heavy atom. The minimum absolute atomic E-state index is 0.0200. The van der Waals surface area contributed by atoms with Gasteiger partial charge in [0.1, 0.15) is 0 Å². The molecule has 0 spiro atoms. The fourth-order valence-electron chi connectivity index (χ4n) is 4.91. The normalized spacial score (nSPS) is 19.2. The summed E-state index contributed by atoms with van der Waals surface area (Å²) < 4.78 is 16.6. The van der Waals surface area contributed by atoms with Crippen LogP contribution < -0.4 is 24.4 Å². The van der Waals surface area contributed by atoms with Crippen molar-refractivity contribution in [2.45, 2.75) is 39.7 Å². The Bertz CT molecular complexity index is 1130. The zero-order chi connectivity index (χ0) is 23.9. The number of amides is 1. The molecule has 0 aromatic heterocycles. The summed E-state index contributed by atoms with van der Waals surface area (Å²) in [6, 6.07) is 10.6. The van der Waals surface area contributed by atoms with Crippen molar-refractivity contribution in [1.82, 2.24) is 0 Å². The number of carbonyl (C=O) groups is 2. The summed E-state index contributed by atoms with van der Waals surface area (Å²) in [5.41, 5.74) is 3.45. The number of hydrogen-bond donors (Lipinski definition) is 1. The zero-order valence-electron chi connectivity index (χ0n) is 19.9. The van der Waals surface area contributed by atoms with Gasteiger partial charge in [-0.1, -0.05) is 26.0 Å². The Morgan fingerprint density at radius 1 is 1.03 bits per heavy atom. The lowest BCUT2D eigenvalue weighted by Gasteiger charge is -2.37. The number of carbonyl (C=O) groups excluding carboxylic acids is 2. The van der Waals surface area contributed by atoms with Crippen molar-refractivity contribution < 1.29 is 23.8 Å². The lowest BCUT2D eigenvalue weighted by molar-refractivity contribution is -0.118. The van der Waals surface area contributed by atoms with Crippen LogP contribution in [0.4, 0.5) is 11.4 Å². The molecule has 174 valence electrons. The van der Waals surface area contributed by atoms with E-state index in [-0.39, 0.29) is 17.1 Å². The van der Waals surface area contributed by atoms with Gasteiger partial charge in [-0.05, 0) is 41.7 Å². The minimum atomic E-state index is -0.647. The van der Waals surface area contributed by atoms with Crippen LogP contribution in [-0.2, 0) is 9.59 Å². The van der Waals surface area contributed by atoms with Gasteiger partial charge in [0.05, 0.1) is 38.7 Å². The van der Waals surface area contributed by atoms with E-state index in [2.05, 4.69) is 19.2 Å². The Balaban J connectivity index is 2.05. The summed E-state index contributed by atoms with van der Waals surface area (Å²) in [6.45, 7) is 5.69. The number of nitrogens with zero attached hydrogens (tertiary/aromatic N) is 1. The van der Waals surface area contributed by atoms with Gasteiger partial charge < -0.3 is 19.5 Å². The number of nitrogens with one attached hydrogen (secondary N) is 1. The molecule has 1 aliphatic heterocycles. The molecule has 1 N–H and O–H groups in total. The number of para-hydroxylation sites is 2. The summed E-state index contributed by atoms with van der Waals surface area (Å²) in [5.74, 6) is 1.23. The third-order valence-corrected chi connectivity index (χ3v) is 6.24. The highest BCUT2D eigenvalue weighted by molar-refractivity contribution is 6.06. The van der Waals surface area contributed by atoms with Crippen LogP contribution in [0.2, 0.25) is 0 Å². The molecule has 1 heterocycles. The third kappa shape index (κ3) is 3.92. The third-order valence-electron chi connectivity index (χ3n) is 6.24. The molecule has 0 fully saturated rings. The second-order valence-electron chi connectivity index (χ2n) is 9.23. The van der Waals surface area contributed by atoms with Crippen molar-refractivity contribution in [3.8, 4) is 17.2 Å². The molecule has 1 amide bonds. The molecule has 7 heteroatoms. The predicted molar refractivity (Wildman–Crippen MR) is 127 cm³/mol. The van der Waals surface area contributed by atoms with E-state index in [0.717, 1.165) is 11.4 Å². The van der Waals surface area contributed by atoms with Gasteiger partial charge in [-0.3, -0.25) is 14.5 Å². The van der Waals surface area contributed by atoms with E-state index in [1.54, 1.807) is 26.2 Å². The standard InChI is InChI=1S/C26H30N2O5/c1-15(29)28-19-10-8-7-9-17(19)27-18-13-26(2,3)14-20(30)23(18)24(28)16-11-21(31-4)25(33-6)22(12-16)32-5/h7-12,24,27H,13-14H2,1-6H3/t24-/m0/s1. The van der Waals surface area contributed by atoms with Crippen molar-refractivity contribution >= 4 is 23.1 Å². The smallest absolute Gasteiger partial charge is 0.224 e. The van der Waals surface area contributed by atoms with Crippen molar-refractivity contribution in [3.63, 3.8) is 0 Å². The summed E-state index contributed by atoms with van der Waals surface area (Å²) in [6.07, 6.45) is 1.09. The van der Waals surface area contributed by atoms with Crippen LogP contribution in [0.3, 0.4) is 0 Å². The molecule has 33 heavy (non-hydrogen) atoms. The fourth-order valence-corrected chi connectivity index (χ4v) is 4.91. The van der Waals surface area contributed by atoms with Crippen molar-refractivity contribution in [1.29, 1.82) is 0 Å². The van der Waals surface area contributed by atoms with Gasteiger partial charge in [0.25, 0.3) is 0 Å². The maximum Gasteiger partial charge on any atom is 0.224 e. The quantitative estimate of drug-likeness (QED) is 0.716. The number of hydrogen-bond acceptors (Lipinski definition) is 6.